The molecule has 0 saturated heterocycles. The van der Waals surface area contributed by atoms with Crippen LogP contribution in [0.1, 0.15) is 5.56 Å². The topological polar surface area (TPSA) is 46.0 Å². The third-order valence-electron chi connectivity index (χ3n) is 3.04. The Morgan fingerprint density at radius 1 is 1.09 bits per heavy atom. The fraction of sp³-hybridized carbons (Fsp3) is 0. The van der Waals surface area contributed by atoms with Gasteiger partial charge < -0.3 is 0 Å². The van der Waals surface area contributed by atoms with E-state index in [1.165, 1.54) is 4.68 Å². The largest absolute Gasteiger partial charge is 0.250 e. The van der Waals surface area contributed by atoms with E-state index >= 15 is 0 Å². The molecule has 0 aliphatic carbocycles. The Morgan fingerprint density at radius 2 is 1.87 bits per heavy atom. The average molecular weight is 384 g/mol. The van der Waals surface area contributed by atoms with E-state index in [-0.39, 0.29) is 0 Å². The minimum atomic E-state index is 0.348. The second-order valence-electron chi connectivity index (χ2n) is 4.55. The van der Waals surface area contributed by atoms with Crippen LogP contribution in [-0.2, 0) is 0 Å². The molecule has 3 aromatic rings. The lowest BCUT2D eigenvalue weighted by Crippen LogP contribution is -1.96. The van der Waals surface area contributed by atoms with Gasteiger partial charge in [0.1, 0.15) is 0 Å². The quantitative estimate of drug-likeness (QED) is 0.483. The van der Waals surface area contributed by atoms with E-state index in [1.807, 2.05) is 18.2 Å². The van der Waals surface area contributed by atoms with E-state index in [0.29, 0.717) is 31.2 Å². The molecule has 0 amide bonds. The Balaban J connectivity index is 2.04. The lowest BCUT2D eigenvalue weighted by atomic mass is 10.2. The van der Waals surface area contributed by atoms with Crippen LogP contribution in [-0.4, -0.2) is 21.1 Å². The molecule has 4 nitrogen and oxygen atoms in total. The molecule has 23 heavy (non-hydrogen) atoms. The van der Waals surface area contributed by atoms with Crippen LogP contribution in [0.3, 0.4) is 0 Å². The monoisotopic (exact) mass is 382 g/mol. The Bertz CT molecular complexity index is 946. The summed E-state index contributed by atoms with van der Waals surface area (Å²) in [5.74, 6) is 0.516. The van der Waals surface area contributed by atoms with Gasteiger partial charge in [-0.1, -0.05) is 53.0 Å². The molecule has 0 atom stereocenters. The maximum absolute atomic E-state index is 6.21. The normalized spacial score (nSPS) is 11.3. The van der Waals surface area contributed by atoms with Crippen LogP contribution >= 0.6 is 47.0 Å². The summed E-state index contributed by atoms with van der Waals surface area (Å²) in [5.41, 5.74) is 1.44. The summed E-state index contributed by atoms with van der Waals surface area (Å²) in [5, 5.41) is 12.9. The lowest BCUT2D eigenvalue weighted by molar-refractivity contribution is 0.871. The molecule has 0 aliphatic rings. The molecule has 0 saturated carbocycles. The molecular formula is C15H9Cl3N4S. The molecule has 0 aliphatic heterocycles. The second kappa shape index (κ2) is 6.84. The van der Waals surface area contributed by atoms with Crippen molar-refractivity contribution in [1.29, 1.82) is 0 Å². The highest BCUT2D eigenvalue weighted by molar-refractivity contribution is 7.71. The Morgan fingerprint density at radius 3 is 2.61 bits per heavy atom. The van der Waals surface area contributed by atoms with Crippen LogP contribution in [0.5, 0.6) is 0 Å². The van der Waals surface area contributed by atoms with E-state index in [4.69, 9.17) is 47.0 Å². The van der Waals surface area contributed by atoms with Gasteiger partial charge in [0.25, 0.3) is 0 Å². The minimum Gasteiger partial charge on any atom is -0.250 e. The predicted molar refractivity (Wildman–Crippen MR) is 97.3 cm³/mol. The molecule has 0 bridgehead atoms. The van der Waals surface area contributed by atoms with Gasteiger partial charge in [0, 0.05) is 16.1 Å². The van der Waals surface area contributed by atoms with Gasteiger partial charge in [-0.05, 0) is 36.5 Å². The Hall–Kier alpha value is -1.66. The fourth-order valence-electron chi connectivity index (χ4n) is 1.94. The van der Waals surface area contributed by atoms with Crippen LogP contribution in [0.2, 0.25) is 15.1 Å². The van der Waals surface area contributed by atoms with Gasteiger partial charge in [-0.2, -0.15) is 14.9 Å². The van der Waals surface area contributed by atoms with Crippen LogP contribution < -0.4 is 0 Å². The van der Waals surface area contributed by atoms with Gasteiger partial charge in [-0.3, -0.25) is 0 Å². The summed E-state index contributed by atoms with van der Waals surface area (Å²) in [6.45, 7) is 0. The second-order valence-corrected chi connectivity index (χ2v) is 6.19. The average Bonchev–Trinajstić information content (AvgIpc) is 2.88. The molecule has 0 fully saturated rings. The molecule has 1 heterocycles. The Kier molecular flexibility index (Phi) is 4.82. The first kappa shape index (κ1) is 16.2. The summed E-state index contributed by atoms with van der Waals surface area (Å²) in [6, 6.07) is 12.5. The number of rotatable bonds is 3. The standard InChI is InChI=1S/C15H9Cl3N4S/c16-10-6-5-9(13(18)7-10)8-19-22-14(20-21-15(22)23)11-3-1-2-4-12(11)17/h1-8H,(H,21,23)/b19-8+. The number of nitrogens with zero attached hydrogens (tertiary/aromatic N) is 3. The van der Waals surface area contributed by atoms with E-state index in [1.54, 1.807) is 30.5 Å². The van der Waals surface area contributed by atoms with Crippen molar-refractivity contribution in [3.05, 3.63) is 67.9 Å². The summed E-state index contributed by atoms with van der Waals surface area (Å²) in [6.07, 6.45) is 1.59. The maximum atomic E-state index is 6.21. The number of benzene rings is 2. The van der Waals surface area contributed by atoms with Gasteiger partial charge in [-0.25, -0.2) is 5.10 Å². The zero-order valence-corrected chi connectivity index (χ0v) is 14.6. The molecule has 0 unspecified atom stereocenters. The van der Waals surface area contributed by atoms with Gasteiger partial charge in [-0.15, -0.1) is 0 Å². The number of nitrogens with one attached hydrogen (secondary N) is 1. The van der Waals surface area contributed by atoms with Crippen molar-refractivity contribution in [3.63, 3.8) is 0 Å². The highest BCUT2D eigenvalue weighted by Crippen LogP contribution is 2.26. The van der Waals surface area contributed by atoms with Crippen LogP contribution in [0.4, 0.5) is 0 Å². The van der Waals surface area contributed by atoms with Crippen molar-refractivity contribution in [1.82, 2.24) is 14.9 Å². The molecule has 0 spiro atoms. The first-order chi connectivity index (χ1) is 11.1. The van der Waals surface area contributed by atoms with Crippen LogP contribution in [0.25, 0.3) is 11.4 Å². The van der Waals surface area contributed by atoms with E-state index in [0.717, 1.165) is 5.56 Å². The number of hydrogen-bond acceptors (Lipinski definition) is 3. The molecule has 2 aromatic carbocycles. The van der Waals surface area contributed by atoms with E-state index in [9.17, 15) is 0 Å². The van der Waals surface area contributed by atoms with Crippen molar-refractivity contribution in [3.8, 4) is 11.4 Å². The van der Waals surface area contributed by atoms with Crippen molar-refractivity contribution >= 4 is 53.2 Å². The molecule has 8 heteroatoms. The summed E-state index contributed by atoms with van der Waals surface area (Å²) >= 11 is 23.5. The minimum absolute atomic E-state index is 0.348. The van der Waals surface area contributed by atoms with Gasteiger partial charge in [0.2, 0.25) is 4.77 Å². The van der Waals surface area contributed by atoms with Crippen molar-refractivity contribution < 1.29 is 0 Å². The molecular weight excluding hydrogens is 375 g/mol. The van der Waals surface area contributed by atoms with Gasteiger partial charge in [0.05, 0.1) is 16.3 Å². The first-order valence-corrected chi connectivity index (χ1v) is 8.02. The third kappa shape index (κ3) is 3.48. The van der Waals surface area contributed by atoms with Gasteiger partial charge >= 0.3 is 0 Å². The predicted octanol–water partition coefficient (Wildman–Crippen LogP) is 5.45. The summed E-state index contributed by atoms with van der Waals surface area (Å²) in [4.78, 5) is 0. The number of aromatic amines is 1. The van der Waals surface area contributed by atoms with Crippen molar-refractivity contribution in [2.45, 2.75) is 0 Å². The van der Waals surface area contributed by atoms with E-state index < -0.39 is 0 Å². The molecule has 0 radical (unpaired) electrons. The SMILES string of the molecule is S=c1[nH]nc(-c2ccccc2Cl)n1/N=C/c1ccc(Cl)cc1Cl. The summed E-state index contributed by atoms with van der Waals surface area (Å²) in [7, 11) is 0. The molecule has 116 valence electrons. The number of hydrogen-bond donors (Lipinski definition) is 1. The maximum Gasteiger partial charge on any atom is 0.216 e. The molecule has 3 rings (SSSR count). The summed E-state index contributed by atoms with van der Waals surface area (Å²) < 4.78 is 1.84. The lowest BCUT2D eigenvalue weighted by Gasteiger charge is -2.03. The highest BCUT2D eigenvalue weighted by atomic mass is 35.5. The van der Waals surface area contributed by atoms with Crippen LogP contribution in [0, 0.1) is 4.77 Å². The number of halogens is 3. The fourth-order valence-corrected chi connectivity index (χ4v) is 2.80. The van der Waals surface area contributed by atoms with Gasteiger partial charge in [0.15, 0.2) is 5.82 Å². The number of aromatic nitrogens is 3. The number of H-pyrrole nitrogens is 1. The Labute approximate surface area is 152 Å². The van der Waals surface area contributed by atoms with E-state index in [2.05, 4.69) is 15.3 Å². The van der Waals surface area contributed by atoms with Crippen LogP contribution in [0.15, 0.2) is 47.6 Å². The molecule has 1 N–H and O–H groups in total. The first-order valence-electron chi connectivity index (χ1n) is 6.48. The van der Waals surface area contributed by atoms with Crippen molar-refractivity contribution in [2.75, 3.05) is 0 Å². The van der Waals surface area contributed by atoms with Crippen molar-refractivity contribution in [2.24, 2.45) is 5.10 Å². The smallest absolute Gasteiger partial charge is 0.216 e. The zero-order chi connectivity index (χ0) is 16.4. The third-order valence-corrected chi connectivity index (χ3v) is 4.20. The molecule has 1 aromatic heterocycles. The highest BCUT2D eigenvalue weighted by Gasteiger charge is 2.11. The zero-order valence-electron chi connectivity index (χ0n) is 11.5.